The Morgan fingerprint density at radius 2 is 2.27 bits per heavy atom. The van der Waals surface area contributed by atoms with E-state index in [0.717, 1.165) is 22.3 Å². The Labute approximate surface area is 125 Å². The molecule has 8 heteroatoms. The van der Waals surface area contributed by atoms with Gasteiger partial charge in [-0.05, 0) is 6.07 Å². The molecule has 8 nitrogen and oxygen atoms in total. The zero-order valence-corrected chi connectivity index (χ0v) is 11.7. The van der Waals surface area contributed by atoms with Gasteiger partial charge >= 0.3 is 5.97 Å². The van der Waals surface area contributed by atoms with Crippen molar-refractivity contribution in [1.29, 1.82) is 0 Å². The highest BCUT2D eigenvalue weighted by molar-refractivity contribution is 5.90. The quantitative estimate of drug-likeness (QED) is 0.650. The lowest BCUT2D eigenvalue weighted by molar-refractivity contribution is -0.140. The monoisotopic (exact) mass is 298 g/mol. The molecule has 3 aromatic rings. The molecular weight excluding hydrogens is 284 g/mol. The summed E-state index contributed by atoms with van der Waals surface area (Å²) in [5.74, 6) is -0.825. The first-order chi connectivity index (χ1) is 10.7. The molecule has 1 saturated heterocycles. The maximum Gasteiger partial charge on any atom is 0.305 e. The topological polar surface area (TPSA) is 109 Å². The van der Waals surface area contributed by atoms with Crippen molar-refractivity contribution in [1.82, 2.24) is 30.0 Å². The van der Waals surface area contributed by atoms with Crippen LogP contribution in [0.25, 0.3) is 22.3 Å². The molecule has 0 atom stereocenters. The molecule has 0 radical (unpaired) electrons. The number of carbonyl (C=O) groups is 1. The number of nitrogens with one attached hydrogen (secondary N) is 2. The molecule has 112 valence electrons. The van der Waals surface area contributed by atoms with Crippen molar-refractivity contribution in [2.45, 2.75) is 12.0 Å². The van der Waals surface area contributed by atoms with Gasteiger partial charge in [0.25, 0.3) is 0 Å². The Hall–Kier alpha value is -2.74. The number of aromatic amines is 1. The number of aliphatic carboxylic acids is 1. The van der Waals surface area contributed by atoms with Gasteiger partial charge in [0.1, 0.15) is 12.0 Å². The van der Waals surface area contributed by atoms with E-state index >= 15 is 0 Å². The van der Waals surface area contributed by atoms with Crippen molar-refractivity contribution < 1.29 is 9.90 Å². The lowest BCUT2D eigenvalue weighted by atomic mass is 9.89. The first-order valence-corrected chi connectivity index (χ1v) is 6.94. The molecule has 0 aromatic carbocycles. The smallest absolute Gasteiger partial charge is 0.305 e. The van der Waals surface area contributed by atoms with Gasteiger partial charge in [0, 0.05) is 36.4 Å². The van der Waals surface area contributed by atoms with Crippen LogP contribution in [0, 0.1) is 0 Å². The molecule has 0 saturated carbocycles. The Kier molecular flexibility index (Phi) is 2.73. The number of aromatic nitrogens is 5. The molecule has 0 bridgehead atoms. The summed E-state index contributed by atoms with van der Waals surface area (Å²) in [6.45, 7) is 1.20. The maximum atomic E-state index is 11.1. The van der Waals surface area contributed by atoms with Gasteiger partial charge in [-0.3, -0.25) is 9.48 Å². The summed E-state index contributed by atoms with van der Waals surface area (Å²) in [5, 5.41) is 17.5. The number of fused-ring (bicyclic) bond motifs is 1. The molecule has 1 aliphatic heterocycles. The number of rotatable bonds is 4. The molecule has 0 unspecified atom stereocenters. The fraction of sp³-hybridized carbons (Fsp3) is 0.286. The van der Waals surface area contributed by atoms with Crippen LogP contribution in [0.2, 0.25) is 0 Å². The first kappa shape index (κ1) is 13.0. The Balaban J connectivity index is 1.75. The Morgan fingerprint density at radius 1 is 1.41 bits per heavy atom. The van der Waals surface area contributed by atoms with Crippen molar-refractivity contribution in [2.24, 2.45) is 0 Å². The second-order valence-corrected chi connectivity index (χ2v) is 5.53. The van der Waals surface area contributed by atoms with E-state index in [1.54, 1.807) is 10.9 Å². The standard InChI is InChI=1S/C14H14N6O2/c21-11(22)3-14(6-15-7-14)20-5-9(4-19-20)12-10-1-2-16-13(10)18-8-17-12/h1-2,4-5,8,15H,3,6-7H2,(H,21,22)(H,16,17,18). The van der Waals surface area contributed by atoms with E-state index in [1.165, 1.54) is 6.33 Å². The molecule has 0 aliphatic carbocycles. The molecule has 3 N–H and O–H groups in total. The van der Waals surface area contributed by atoms with Crippen molar-refractivity contribution >= 4 is 17.0 Å². The number of hydrogen-bond acceptors (Lipinski definition) is 5. The summed E-state index contributed by atoms with van der Waals surface area (Å²) in [6.07, 6.45) is 6.94. The van der Waals surface area contributed by atoms with Gasteiger partial charge in [-0.15, -0.1) is 0 Å². The third-order valence-corrected chi connectivity index (χ3v) is 4.08. The van der Waals surface area contributed by atoms with Gasteiger partial charge in [-0.2, -0.15) is 5.10 Å². The van der Waals surface area contributed by atoms with E-state index in [1.807, 2.05) is 18.5 Å². The van der Waals surface area contributed by atoms with Gasteiger partial charge in [0.15, 0.2) is 0 Å². The minimum Gasteiger partial charge on any atom is -0.481 e. The van der Waals surface area contributed by atoms with Gasteiger partial charge < -0.3 is 15.4 Å². The predicted molar refractivity (Wildman–Crippen MR) is 78.2 cm³/mol. The van der Waals surface area contributed by atoms with E-state index in [-0.39, 0.29) is 6.42 Å². The number of carboxylic acids is 1. The van der Waals surface area contributed by atoms with E-state index in [4.69, 9.17) is 5.11 Å². The summed E-state index contributed by atoms with van der Waals surface area (Å²) < 4.78 is 1.74. The zero-order valence-electron chi connectivity index (χ0n) is 11.7. The molecule has 4 heterocycles. The van der Waals surface area contributed by atoms with Crippen LogP contribution < -0.4 is 5.32 Å². The van der Waals surface area contributed by atoms with E-state index in [0.29, 0.717) is 13.1 Å². The van der Waals surface area contributed by atoms with Gasteiger partial charge in [-0.1, -0.05) is 0 Å². The second kappa shape index (κ2) is 4.63. The average Bonchev–Trinajstić information content (AvgIpc) is 3.11. The summed E-state index contributed by atoms with van der Waals surface area (Å²) in [6, 6.07) is 1.92. The van der Waals surface area contributed by atoms with E-state index < -0.39 is 11.5 Å². The highest BCUT2D eigenvalue weighted by atomic mass is 16.4. The fourth-order valence-corrected chi connectivity index (χ4v) is 2.87. The summed E-state index contributed by atoms with van der Waals surface area (Å²) in [4.78, 5) is 22.7. The van der Waals surface area contributed by atoms with Crippen molar-refractivity contribution in [3.05, 3.63) is 31.0 Å². The van der Waals surface area contributed by atoms with Crippen LogP contribution in [0.4, 0.5) is 0 Å². The Morgan fingerprint density at radius 3 is 3.00 bits per heavy atom. The summed E-state index contributed by atoms with van der Waals surface area (Å²) in [5.41, 5.74) is 1.91. The highest BCUT2D eigenvalue weighted by Crippen LogP contribution is 2.29. The lowest BCUT2D eigenvalue weighted by Gasteiger charge is -2.41. The van der Waals surface area contributed by atoms with Gasteiger partial charge in [0.2, 0.25) is 0 Å². The molecule has 4 rings (SSSR count). The van der Waals surface area contributed by atoms with Crippen LogP contribution in [-0.2, 0) is 10.3 Å². The largest absolute Gasteiger partial charge is 0.481 e. The van der Waals surface area contributed by atoms with Crippen molar-refractivity contribution in [2.75, 3.05) is 13.1 Å². The second-order valence-electron chi connectivity index (χ2n) is 5.53. The maximum absolute atomic E-state index is 11.1. The van der Waals surface area contributed by atoms with Gasteiger partial charge in [0.05, 0.1) is 23.9 Å². The molecule has 3 aromatic heterocycles. The highest BCUT2D eigenvalue weighted by Gasteiger charge is 2.41. The number of hydrogen-bond donors (Lipinski definition) is 3. The SMILES string of the molecule is O=C(O)CC1(n2cc(-c3ncnc4[nH]ccc34)cn2)CNC1. The molecule has 1 fully saturated rings. The fourth-order valence-electron chi connectivity index (χ4n) is 2.87. The minimum atomic E-state index is -0.825. The third-order valence-electron chi connectivity index (χ3n) is 4.08. The lowest BCUT2D eigenvalue weighted by Crippen LogP contribution is -2.61. The number of H-pyrrole nitrogens is 1. The van der Waals surface area contributed by atoms with Crippen LogP contribution >= 0.6 is 0 Å². The van der Waals surface area contributed by atoms with Crippen LogP contribution in [0.15, 0.2) is 31.0 Å². The first-order valence-electron chi connectivity index (χ1n) is 6.94. The molecule has 0 spiro atoms. The minimum absolute atomic E-state index is 0.0461. The third kappa shape index (κ3) is 1.88. The number of nitrogens with zero attached hydrogens (tertiary/aromatic N) is 4. The van der Waals surface area contributed by atoms with Crippen molar-refractivity contribution in [3.63, 3.8) is 0 Å². The van der Waals surface area contributed by atoms with Crippen LogP contribution in [0.3, 0.4) is 0 Å². The van der Waals surface area contributed by atoms with Gasteiger partial charge in [-0.25, -0.2) is 9.97 Å². The van der Waals surface area contributed by atoms with E-state index in [9.17, 15) is 4.79 Å². The molecular formula is C14H14N6O2. The average molecular weight is 298 g/mol. The molecule has 1 aliphatic rings. The van der Waals surface area contributed by atoms with Crippen LogP contribution in [-0.4, -0.2) is 48.9 Å². The zero-order chi connectivity index (χ0) is 15.2. The van der Waals surface area contributed by atoms with E-state index in [2.05, 4.69) is 25.4 Å². The normalized spacial score (nSPS) is 16.5. The summed E-state index contributed by atoms with van der Waals surface area (Å²) in [7, 11) is 0. The molecule has 22 heavy (non-hydrogen) atoms. The Bertz CT molecular complexity index is 848. The summed E-state index contributed by atoms with van der Waals surface area (Å²) >= 11 is 0. The molecule has 0 amide bonds. The number of carboxylic acid groups (broad SMARTS) is 1. The van der Waals surface area contributed by atoms with Crippen LogP contribution in [0.1, 0.15) is 6.42 Å². The predicted octanol–water partition coefficient (Wildman–Crippen LogP) is 0.595. The van der Waals surface area contributed by atoms with Crippen molar-refractivity contribution in [3.8, 4) is 11.3 Å². The van der Waals surface area contributed by atoms with Crippen LogP contribution in [0.5, 0.6) is 0 Å².